The van der Waals surface area contributed by atoms with Gasteiger partial charge in [0, 0.05) is 13.1 Å². The first-order chi connectivity index (χ1) is 18.1. The lowest BCUT2D eigenvalue weighted by Crippen LogP contribution is -2.51. The van der Waals surface area contributed by atoms with Crippen molar-refractivity contribution >= 4 is 27.5 Å². The second-order valence-electron chi connectivity index (χ2n) is 9.13. The van der Waals surface area contributed by atoms with Crippen molar-refractivity contribution in [2.45, 2.75) is 51.1 Å². The average molecular weight is 540 g/mol. The Kier molecular flexibility index (Phi) is 10.0. The molecular formula is C29H34FN3O4S. The number of sulfonamides is 1. The fourth-order valence-corrected chi connectivity index (χ4v) is 5.29. The number of hydrogen-bond acceptors (Lipinski definition) is 4. The summed E-state index contributed by atoms with van der Waals surface area (Å²) < 4.78 is 41.9. The molecule has 2 amide bonds. The number of rotatable bonds is 12. The molecule has 3 rings (SSSR count). The van der Waals surface area contributed by atoms with Crippen LogP contribution in [0.15, 0.2) is 83.8 Å². The van der Waals surface area contributed by atoms with Crippen molar-refractivity contribution < 1.29 is 22.4 Å². The van der Waals surface area contributed by atoms with Gasteiger partial charge in [0.05, 0.1) is 10.6 Å². The van der Waals surface area contributed by atoms with E-state index in [0.717, 1.165) is 40.4 Å². The number of anilines is 1. The molecule has 9 heteroatoms. The van der Waals surface area contributed by atoms with E-state index in [9.17, 15) is 22.4 Å². The minimum absolute atomic E-state index is 0.125. The van der Waals surface area contributed by atoms with Crippen LogP contribution in [0.3, 0.4) is 0 Å². The van der Waals surface area contributed by atoms with Gasteiger partial charge in [-0.05, 0) is 62.2 Å². The molecule has 202 valence electrons. The summed E-state index contributed by atoms with van der Waals surface area (Å²) in [5.41, 5.74) is 2.01. The van der Waals surface area contributed by atoms with Gasteiger partial charge in [0.2, 0.25) is 11.8 Å². The summed E-state index contributed by atoms with van der Waals surface area (Å²) in [6.07, 6.45) is 1.72. The molecular weight excluding hydrogens is 505 g/mol. The molecule has 0 saturated carbocycles. The van der Waals surface area contributed by atoms with E-state index in [2.05, 4.69) is 5.32 Å². The number of aryl methyl sites for hydroxylation is 1. The topological polar surface area (TPSA) is 86.8 Å². The van der Waals surface area contributed by atoms with E-state index < -0.39 is 34.3 Å². The number of nitrogens with zero attached hydrogens (tertiary/aromatic N) is 2. The number of hydrogen-bond donors (Lipinski definition) is 1. The minimum atomic E-state index is -4.23. The predicted molar refractivity (Wildman–Crippen MR) is 146 cm³/mol. The maximum atomic E-state index is 13.8. The fraction of sp³-hybridized carbons (Fsp3) is 0.310. The van der Waals surface area contributed by atoms with Gasteiger partial charge >= 0.3 is 0 Å². The molecule has 0 unspecified atom stereocenters. The number of unbranched alkanes of at least 4 members (excludes halogenated alkanes) is 1. The van der Waals surface area contributed by atoms with Gasteiger partial charge in [-0.25, -0.2) is 12.8 Å². The molecule has 1 atom stereocenters. The average Bonchev–Trinajstić information content (AvgIpc) is 2.91. The van der Waals surface area contributed by atoms with Crippen molar-refractivity contribution in [2.24, 2.45) is 0 Å². The summed E-state index contributed by atoms with van der Waals surface area (Å²) >= 11 is 0. The van der Waals surface area contributed by atoms with Crippen LogP contribution in [0.1, 0.15) is 37.8 Å². The van der Waals surface area contributed by atoms with E-state index in [1.807, 2.05) is 44.2 Å². The van der Waals surface area contributed by atoms with Crippen LogP contribution in [0.25, 0.3) is 0 Å². The third-order valence-corrected chi connectivity index (χ3v) is 7.98. The van der Waals surface area contributed by atoms with E-state index in [1.165, 1.54) is 17.0 Å². The van der Waals surface area contributed by atoms with Crippen molar-refractivity contribution in [1.82, 2.24) is 10.2 Å². The smallest absolute Gasteiger partial charge is 0.264 e. The molecule has 0 spiro atoms. The second-order valence-corrected chi connectivity index (χ2v) is 11.0. The Morgan fingerprint density at radius 3 is 2.18 bits per heavy atom. The van der Waals surface area contributed by atoms with Crippen molar-refractivity contribution in [1.29, 1.82) is 0 Å². The molecule has 0 fully saturated rings. The predicted octanol–water partition coefficient (Wildman–Crippen LogP) is 4.66. The first-order valence-corrected chi connectivity index (χ1v) is 14.0. The monoisotopic (exact) mass is 539 g/mol. The molecule has 3 aromatic carbocycles. The van der Waals surface area contributed by atoms with Crippen LogP contribution < -0.4 is 9.62 Å². The number of carbonyl (C=O) groups is 2. The van der Waals surface area contributed by atoms with Crippen LogP contribution in [0, 0.1) is 12.7 Å². The Balaban J connectivity index is 1.97. The van der Waals surface area contributed by atoms with Gasteiger partial charge in [-0.15, -0.1) is 0 Å². The van der Waals surface area contributed by atoms with Gasteiger partial charge in [0.15, 0.2) is 0 Å². The highest BCUT2D eigenvalue weighted by atomic mass is 32.2. The zero-order valence-corrected chi connectivity index (χ0v) is 22.7. The zero-order valence-electron chi connectivity index (χ0n) is 21.9. The summed E-state index contributed by atoms with van der Waals surface area (Å²) in [5.74, 6) is -1.43. The van der Waals surface area contributed by atoms with Gasteiger partial charge in [-0.1, -0.05) is 61.4 Å². The van der Waals surface area contributed by atoms with Crippen LogP contribution in [0.5, 0.6) is 0 Å². The highest BCUT2D eigenvalue weighted by Gasteiger charge is 2.32. The summed E-state index contributed by atoms with van der Waals surface area (Å²) in [4.78, 5) is 28.0. The van der Waals surface area contributed by atoms with Gasteiger partial charge in [0.25, 0.3) is 10.0 Å². The van der Waals surface area contributed by atoms with Crippen molar-refractivity contribution in [3.63, 3.8) is 0 Å². The van der Waals surface area contributed by atoms with E-state index >= 15 is 0 Å². The summed E-state index contributed by atoms with van der Waals surface area (Å²) in [6.45, 7) is 5.59. The number of nitrogens with one attached hydrogen (secondary N) is 1. The number of halogens is 1. The molecule has 0 heterocycles. The normalized spacial score (nSPS) is 12.0. The van der Waals surface area contributed by atoms with E-state index in [-0.39, 0.29) is 23.0 Å². The molecule has 0 aliphatic heterocycles. The Labute approximate surface area is 224 Å². The Hall–Kier alpha value is -3.72. The SMILES string of the molecule is CCCCNC(=O)[C@@H](C)N(Cc1ccccc1)C(=O)CN(c1ccc(C)cc1)S(=O)(=O)c1ccc(F)cc1. The number of carbonyl (C=O) groups excluding carboxylic acids is 2. The maximum absolute atomic E-state index is 13.8. The molecule has 0 aliphatic rings. The molecule has 7 nitrogen and oxygen atoms in total. The first kappa shape index (κ1) is 28.8. The van der Waals surface area contributed by atoms with E-state index in [0.29, 0.717) is 6.54 Å². The fourth-order valence-electron chi connectivity index (χ4n) is 3.87. The zero-order chi connectivity index (χ0) is 27.7. The lowest BCUT2D eigenvalue weighted by Gasteiger charge is -2.32. The van der Waals surface area contributed by atoms with Crippen molar-refractivity contribution in [2.75, 3.05) is 17.4 Å². The minimum Gasteiger partial charge on any atom is -0.354 e. The molecule has 0 radical (unpaired) electrons. The van der Waals surface area contributed by atoms with Crippen LogP contribution in [-0.4, -0.2) is 44.3 Å². The lowest BCUT2D eigenvalue weighted by molar-refractivity contribution is -0.139. The summed E-state index contributed by atoms with van der Waals surface area (Å²) in [5, 5.41) is 2.86. The molecule has 38 heavy (non-hydrogen) atoms. The summed E-state index contributed by atoms with van der Waals surface area (Å²) in [6, 6.07) is 19.6. The van der Waals surface area contributed by atoms with Crippen LogP contribution in [0.4, 0.5) is 10.1 Å². The maximum Gasteiger partial charge on any atom is 0.264 e. The lowest BCUT2D eigenvalue weighted by atomic mass is 10.1. The first-order valence-electron chi connectivity index (χ1n) is 12.6. The number of benzene rings is 3. The quantitative estimate of drug-likeness (QED) is 0.339. The Morgan fingerprint density at radius 2 is 1.58 bits per heavy atom. The Bertz CT molecular complexity index is 1310. The van der Waals surface area contributed by atoms with Gasteiger partial charge in [0.1, 0.15) is 18.4 Å². The van der Waals surface area contributed by atoms with Crippen molar-refractivity contribution in [3.05, 3.63) is 95.8 Å². The van der Waals surface area contributed by atoms with Gasteiger partial charge in [-0.3, -0.25) is 13.9 Å². The van der Waals surface area contributed by atoms with Crippen molar-refractivity contribution in [3.8, 4) is 0 Å². The molecule has 1 N–H and O–H groups in total. The van der Waals surface area contributed by atoms with Gasteiger partial charge in [-0.2, -0.15) is 0 Å². The molecule has 0 aromatic heterocycles. The van der Waals surface area contributed by atoms with Gasteiger partial charge < -0.3 is 10.2 Å². The third kappa shape index (κ3) is 7.41. The van der Waals surface area contributed by atoms with Crippen LogP contribution >= 0.6 is 0 Å². The Morgan fingerprint density at radius 1 is 0.947 bits per heavy atom. The van der Waals surface area contributed by atoms with Crippen LogP contribution in [0.2, 0.25) is 0 Å². The molecule has 3 aromatic rings. The molecule has 0 bridgehead atoms. The largest absolute Gasteiger partial charge is 0.354 e. The van der Waals surface area contributed by atoms with E-state index in [1.54, 1.807) is 31.2 Å². The summed E-state index contributed by atoms with van der Waals surface area (Å²) in [7, 11) is -4.23. The highest BCUT2D eigenvalue weighted by Crippen LogP contribution is 2.25. The molecule has 0 saturated heterocycles. The van der Waals surface area contributed by atoms with E-state index in [4.69, 9.17) is 0 Å². The second kappa shape index (κ2) is 13.2. The standard InChI is InChI=1S/C29H34FN3O4S/c1-4-5-19-31-29(35)23(3)32(20-24-9-7-6-8-10-24)28(34)21-33(26-15-11-22(2)12-16-26)38(36,37)27-17-13-25(30)14-18-27/h6-18,23H,4-5,19-21H2,1-3H3,(H,31,35)/t23-/m1/s1. The molecule has 0 aliphatic carbocycles. The van der Waals surface area contributed by atoms with Crippen LogP contribution in [-0.2, 0) is 26.2 Å². The highest BCUT2D eigenvalue weighted by molar-refractivity contribution is 7.92. The third-order valence-electron chi connectivity index (χ3n) is 6.20. The number of amides is 2.